The topological polar surface area (TPSA) is 78.8 Å². The molecule has 35 heavy (non-hydrogen) atoms. The molecule has 0 bridgehead atoms. The van der Waals surface area contributed by atoms with E-state index in [0.29, 0.717) is 6.61 Å². The minimum absolute atomic E-state index is 0.272. The molecule has 186 valence electrons. The molecule has 0 aliphatic rings. The van der Waals surface area contributed by atoms with E-state index in [1.165, 1.54) is 16.7 Å². The van der Waals surface area contributed by atoms with Crippen LogP contribution >= 0.6 is 0 Å². The van der Waals surface area contributed by atoms with Crippen LogP contribution in [0.3, 0.4) is 0 Å². The van der Waals surface area contributed by atoms with E-state index in [1.807, 2.05) is 37.4 Å². The number of ether oxygens (including phenoxy) is 1. The van der Waals surface area contributed by atoms with Gasteiger partial charge in [0.05, 0.1) is 0 Å². The number of likely N-dealkylation sites (N-methyl/N-ethyl adjacent to an activating group) is 1. The summed E-state index contributed by atoms with van der Waals surface area (Å²) >= 11 is 0. The van der Waals surface area contributed by atoms with Crippen LogP contribution in [0.1, 0.15) is 30.0 Å². The van der Waals surface area contributed by atoms with E-state index >= 15 is 0 Å². The first-order valence-corrected chi connectivity index (χ1v) is 10.9. The highest BCUT2D eigenvalue weighted by Crippen LogP contribution is 2.35. The second-order valence-corrected chi connectivity index (χ2v) is 7.40. The molecule has 3 aromatic carbocycles. The number of hydrogen-bond acceptors (Lipinski definition) is 4. The number of aliphatic carboxylic acids is 1. The van der Waals surface area contributed by atoms with E-state index in [0.717, 1.165) is 29.8 Å². The van der Waals surface area contributed by atoms with Gasteiger partial charge in [-0.3, -0.25) is 0 Å². The van der Waals surface area contributed by atoms with Gasteiger partial charge in [-0.25, -0.2) is 4.79 Å². The Morgan fingerprint density at radius 1 is 0.886 bits per heavy atom. The van der Waals surface area contributed by atoms with Crippen molar-refractivity contribution in [3.8, 4) is 11.5 Å². The number of aromatic hydroxyl groups is 1. The van der Waals surface area contributed by atoms with Gasteiger partial charge in [0, 0.05) is 6.54 Å². The molecule has 0 amide bonds. The molecule has 3 rings (SSSR count). The number of hydrogen-bond donors (Lipinski definition) is 3. The molecular weight excluding hydrogens is 459 g/mol. The van der Waals surface area contributed by atoms with Crippen molar-refractivity contribution in [3.05, 3.63) is 95.6 Å². The van der Waals surface area contributed by atoms with Crippen molar-refractivity contribution < 1.29 is 32.9 Å². The number of carboxylic acids is 1. The molecule has 0 aromatic heterocycles. The Bertz CT molecular complexity index is 1090. The number of allylic oxidation sites excluding steroid dienone is 1. The second kappa shape index (κ2) is 13.2. The average Bonchev–Trinajstić information content (AvgIpc) is 2.84. The Balaban J connectivity index is 0.000000540. The van der Waals surface area contributed by atoms with E-state index < -0.39 is 12.1 Å². The largest absolute Gasteiger partial charge is 0.508 e. The van der Waals surface area contributed by atoms with Gasteiger partial charge in [-0.2, -0.15) is 13.2 Å². The highest BCUT2D eigenvalue weighted by atomic mass is 19.4. The van der Waals surface area contributed by atoms with Crippen LogP contribution in [-0.4, -0.2) is 42.6 Å². The lowest BCUT2D eigenvalue weighted by atomic mass is 9.88. The van der Waals surface area contributed by atoms with E-state index in [-0.39, 0.29) is 5.75 Å². The van der Waals surface area contributed by atoms with Crippen LogP contribution in [0.4, 0.5) is 13.2 Å². The molecule has 0 heterocycles. The van der Waals surface area contributed by atoms with Crippen LogP contribution in [-0.2, 0) is 4.79 Å². The fourth-order valence-corrected chi connectivity index (χ4v) is 3.30. The number of rotatable bonds is 8. The SMILES string of the molecule is CC/C(=C(\c1ccc(O)cc1)c1ccc(OCCNC)cc1)c1ccccc1.O=C(O)C(F)(F)F. The Hall–Kier alpha value is -3.78. The molecule has 0 aliphatic carbocycles. The van der Waals surface area contributed by atoms with Crippen molar-refractivity contribution in [1.29, 1.82) is 0 Å². The molecule has 0 saturated heterocycles. The molecule has 8 heteroatoms. The maximum atomic E-state index is 10.6. The van der Waals surface area contributed by atoms with Crippen molar-refractivity contribution in [3.63, 3.8) is 0 Å². The van der Waals surface area contributed by atoms with Crippen LogP contribution < -0.4 is 10.1 Å². The summed E-state index contributed by atoms with van der Waals surface area (Å²) in [6, 6.07) is 26.1. The molecule has 5 nitrogen and oxygen atoms in total. The fraction of sp³-hybridized carbons (Fsp3) is 0.222. The maximum Gasteiger partial charge on any atom is 0.490 e. The van der Waals surface area contributed by atoms with Gasteiger partial charge in [-0.05, 0) is 65.6 Å². The van der Waals surface area contributed by atoms with Gasteiger partial charge in [0.15, 0.2) is 0 Å². The molecule has 0 fully saturated rings. The predicted octanol–water partition coefficient (Wildman–Crippen LogP) is 5.99. The van der Waals surface area contributed by atoms with Crippen molar-refractivity contribution >= 4 is 17.1 Å². The quantitative estimate of drug-likeness (QED) is 0.269. The maximum absolute atomic E-state index is 10.6. The van der Waals surface area contributed by atoms with Crippen molar-refractivity contribution in [2.75, 3.05) is 20.2 Å². The summed E-state index contributed by atoms with van der Waals surface area (Å²) in [6.45, 7) is 3.63. The number of nitrogens with one attached hydrogen (secondary N) is 1. The zero-order valence-electron chi connectivity index (χ0n) is 19.5. The Morgan fingerprint density at radius 3 is 1.86 bits per heavy atom. The molecule has 0 atom stereocenters. The third kappa shape index (κ3) is 8.50. The summed E-state index contributed by atoms with van der Waals surface area (Å²) in [5, 5.41) is 19.9. The summed E-state index contributed by atoms with van der Waals surface area (Å²) in [5.41, 5.74) is 5.88. The van der Waals surface area contributed by atoms with Gasteiger partial charge >= 0.3 is 12.1 Å². The highest BCUT2D eigenvalue weighted by Gasteiger charge is 2.38. The normalized spacial score (nSPS) is 11.7. The first-order chi connectivity index (χ1) is 16.7. The van der Waals surface area contributed by atoms with Gasteiger partial charge in [-0.15, -0.1) is 0 Å². The molecule has 0 radical (unpaired) electrons. The average molecular weight is 488 g/mol. The standard InChI is InChI=1S/C25H27NO2.C2HF3O2/c1-3-24(19-7-5-4-6-8-19)25(20-9-13-22(27)14-10-20)21-11-15-23(16-12-21)28-18-17-26-2;3-2(4,5)1(6)7/h4-16,26-27H,3,17-18H2,1-2H3;(H,6,7)/b25-24-;. The van der Waals surface area contributed by atoms with Gasteiger partial charge < -0.3 is 20.3 Å². The van der Waals surface area contributed by atoms with Crippen LogP contribution in [0.15, 0.2) is 78.9 Å². The lowest BCUT2D eigenvalue weighted by Crippen LogP contribution is -2.21. The molecule has 0 saturated carbocycles. The summed E-state index contributed by atoms with van der Waals surface area (Å²) in [5.74, 6) is -1.62. The van der Waals surface area contributed by atoms with Gasteiger partial charge in [0.1, 0.15) is 18.1 Å². The number of halogens is 3. The minimum atomic E-state index is -5.08. The van der Waals surface area contributed by atoms with Crippen molar-refractivity contribution in [2.45, 2.75) is 19.5 Å². The van der Waals surface area contributed by atoms with Gasteiger partial charge in [-0.1, -0.05) is 61.5 Å². The molecular formula is C27H28F3NO4. The number of carbonyl (C=O) groups is 1. The zero-order valence-corrected chi connectivity index (χ0v) is 19.5. The number of carboxylic acid groups (broad SMARTS) is 1. The number of benzene rings is 3. The van der Waals surface area contributed by atoms with E-state index in [1.54, 1.807) is 12.1 Å². The third-order valence-corrected chi connectivity index (χ3v) is 4.94. The first-order valence-electron chi connectivity index (χ1n) is 10.9. The Labute approximate surface area is 202 Å². The molecule has 0 aliphatic heterocycles. The summed E-state index contributed by atoms with van der Waals surface area (Å²) in [6.07, 6.45) is -4.18. The van der Waals surface area contributed by atoms with E-state index in [4.69, 9.17) is 14.6 Å². The van der Waals surface area contributed by atoms with E-state index in [2.05, 4.69) is 48.6 Å². The Morgan fingerprint density at radius 2 is 1.40 bits per heavy atom. The highest BCUT2D eigenvalue weighted by molar-refractivity contribution is 5.98. The first kappa shape index (κ1) is 27.5. The lowest BCUT2D eigenvalue weighted by molar-refractivity contribution is -0.192. The van der Waals surface area contributed by atoms with Crippen LogP contribution in [0.25, 0.3) is 11.1 Å². The molecule has 0 spiro atoms. The predicted molar refractivity (Wildman–Crippen MR) is 130 cm³/mol. The van der Waals surface area contributed by atoms with Crippen LogP contribution in [0.5, 0.6) is 11.5 Å². The van der Waals surface area contributed by atoms with Crippen LogP contribution in [0.2, 0.25) is 0 Å². The minimum Gasteiger partial charge on any atom is -0.508 e. The van der Waals surface area contributed by atoms with Crippen LogP contribution in [0, 0.1) is 0 Å². The van der Waals surface area contributed by atoms with Gasteiger partial charge in [0.2, 0.25) is 0 Å². The van der Waals surface area contributed by atoms with Crippen molar-refractivity contribution in [1.82, 2.24) is 5.32 Å². The Kier molecular flexibility index (Phi) is 10.4. The zero-order chi connectivity index (χ0) is 25.8. The number of phenolic OH excluding ortho intramolecular Hbond substituents is 1. The fourth-order valence-electron chi connectivity index (χ4n) is 3.30. The molecule has 3 aromatic rings. The number of alkyl halides is 3. The van der Waals surface area contributed by atoms with Crippen molar-refractivity contribution in [2.24, 2.45) is 0 Å². The summed E-state index contributed by atoms with van der Waals surface area (Å²) in [7, 11) is 1.91. The summed E-state index contributed by atoms with van der Waals surface area (Å²) < 4.78 is 37.5. The smallest absolute Gasteiger partial charge is 0.490 e. The lowest BCUT2D eigenvalue weighted by Gasteiger charge is -2.17. The second-order valence-electron chi connectivity index (χ2n) is 7.40. The molecule has 0 unspecified atom stereocenters. The van der Waals surface area contributed by atoms with E-state index in [9.17, 15) is 18.3 Å². The number of phenols is 1. The molecule has 3 N–H and O–H groups in total. The summed E-state index contributed by atoms with van der Waals surface area (Å²) in [4.78, 5) is 8.90. The van der Waals surface area contributed by atoms with Gasteiger partial charge in [0.25, 0.3) is 0 Å². The monoisotopic (exact) mass is 487 g/mol. The third-order valence-electron chi connectivity index (χ3n) is 4.94.